The number of benzene rings is 1. The lowest BCUT2D eigenvalue weighted by molar-refractivity contribution is 0.111. The zero-order chi connectivity index (χ0) is 12.4. The van der Waals surface area contributed by atoms with E-state index in [4.69, 9.17) is 0 Å². The van der Waals surface area contributed by atoms with Crippen molar-refractivity contribution in [1.82, 2.24) is 9.78 Å². The van der Waals surface area contributed by atoms with Crippen LogP contribution in [0.4, 0.5) is 0 Å². The van der Waals surface area contributed by atoms with Crippen molar-refractivity contribution >= 4 is 6.29 Å². The smallest absolute Gasteiger partial charge is 0.170 e. The number of rotatable bonds is 3. The summed E-state index contributed by atoms with van der Waals surface area (Å²) < 4.78 is 1.84. The topological polar surface area (TPSA) is 34.9 Å². The number of aryl methyl sites for hydroxylation is 1. The monoisotopic (exact) mass is 228 g/mol. The second-order valence-corrected chi connectivity index (χ2v) is 4.51. The average molecular weight is 228 g/mol. The predicted octanol–water partition coefficient (Wildman–Crippen LogP) is 3.12. The Morgan fingerprint density at radius 3 is 2.41 bits per heavy atom. The van der Waals surface area contributed by atoms with Crippen LogP contribution in [0.2, 0.25) is 0 Å². The van der Waals surface area contributed by atoms with Crippen LogP contribution >= 0.6 is 0 Å². The number of carbonyl (C=O) groups is 1. The molecule has 1 aromatic carbocycles. The first-order valence-corrected chi connectivity index (χ1v) is 5.74. The van der Waals surface area contributed by atoms with Gasteiger partial charge in [0.2, 0.25) is 0 Å². The van der Waals surface area contributed by atoms with Gasteiger partial charge in [0.05, 0.1) is 5.69 Å². The van der Waals surface area contributed by atoms with E-state index in [1.165, 1.54) is 5.56 Å². The van der Waals surface area contributed by atoms with Crippen LogP contribution in [0, 0.1) is 6.92 Å². The second-order valence-electron chi connectivity index (χ2n) is 4.51. The first kappa shape index (κ1) is 11.6. The van der Waals surface area contributed by atoms with Gasteiger partial charge < -0.3 is 0 Å². The van der Waals surface area contributed by atoms with Crippen LogP contribution in [0.5, 0.6) is 0 Å². The van der Waals surface area contributed by atoms with E-state index < -0.39 is 0 Å². The fourth-order valence-electron chi connectivity index (χ4n) is 1.78. The summed E-state index contributed by atoms with van der Waals surface area (Å²) in [7, 11) is 0. The molecule has 0 fully saturated rings. The van der Waals surface area contributed by atoms with Crippen LogP contribution in [0.25, 0.3) is 5.69 Å². The van der Waals surface area contributed by atoms with Gasteiger partial charge in [-0.2, -0.15) is 5.10 Å². The molecular formula is C14H16N2O. The minimum Gasteiger partial charge on any atom is -0.296 e. The van der Waals surface area contributed by atoms with Crippen LogP contribution in [-0.2, 0) is 0 Å². The molecule has 0 aliphatic carbocycles. The molecule has 3 nitrogen and oxygen atoms in total. The maximum atomic E-state index is 10.8. The normalized spacial score (nSPS) is 10.8. The number of aromatic nitrogens is 2. The lowest BCUT2D eigenvalue weighted by atomic mass is 10.1. The molecule has 0 radical (unpaired) electrons. The first-order valence-electron chi connectivity index (χ1n) is 5.74. The third-order valence-electron chi connectivity index (χ3n) is 2.75. The highest BCUT2D eigenvalue weighted by molar-refractivity contribution is 5.72. The summed E-state index contributed by atoms with van der Waals surface area (Å²) >= 11 is 0. The number of aldehydes is 1. The van der Waals surface area contributed by atoms with Crippen LogP contribution < -0.4 is 0 Å². The Hall–Kier alpha value is -1.90. The average Bonchev–Trinajstić information content (AvgIpc) is 2.74. The van der Waals surface area contributed by atoms with Gasteiger partial charge in [-0.1, -0.05) is 31.5 Å². The van der Waals surface area contributed by atoms with Gasteiger partial charge >= 0.3 is 0 Å². The third-order valence-corrected chi connectivity index (χ3v) is 2.75. The predicted molar refractivity (Wildman–Crippen MR) is 67.8 cm³/mol. The Bertz CT molecular complexity index is 524. The molecule has 0 aliphatic heterocycles. The Morgan fingerprint density at radius 1 is 1.24 bits per heavy atom. The Labute approximate surface area is 101 Å². The highest BCUT2D eigenvalue weighted by Crippen LogP contribution is 2.20. The van der Waals surface area contributed by atoms with E-state index >= 15 is 0 Å². The van der Waals surface area contributed by atoms with Gasteiger partial charge in [0.1, 0.15) is 5.69 Å². The van der Waals surface area contributed by atoms with Crippen molar-refractivity contribution in [3.63, 3.8) is 0 Å². The van der Waals surface area contributed by atoms with Crippen LogP contribution in [0.1, 0.15) is 41.5 Å². The summed E-state index contributed by atoms with van der Waals surface area (Å²) in [5.74, 6) is 0.331. The molecule has 0 unspecified atom stereocenters. The van der Waals surface area contributed by atoms with E-state index in [0.717, 1.165) is 17.7 Å². The maximum Gasteiger partial charge on any atom is 0.170 e. The molecule has 88 valence electrons. The van der Waals surface area contributed by atoms with Crippen LogP contribution in [0.3, 0.4) is 0 Å². The van der Waals surface area contributed by atoms with Crippen molar-refractivity contribution in [2.75, 3.05) is 0 Å². The van der Waals surface area contributed by atoms with E-state index in [1.807, 2.05) is 41.9 Å². The van der Waals surface area contributed by atoms with Crippen LogP contribution in [0.15, 0.2) is 30.3 Å². The SMILES string of the molecule is Cc1ccc(-n2nc(C=O)cc2C(C)C)cc1. The summed E-state index contributed by atoms with van der Waals surface area (Å²) in [6.45, 7) is 6.24. The first-order chi connectivity index (χ1) is 8.11. The molecule has 1 heterocycles. The molecule has 3 heteroatoms. The third kappa shape index (κ3) is 2.28. The fourth-order valence-corrected chi connectivity index (χ4v) is 1.78. The van der Waals surface area contributed by atoms with Crippen LogP contribution in [-0.4, -0.2) is 16.1 Å². The minimum atomic E-state index is 0.331. The van der Waals surface area contributed by atoms with E-state index in [1.54, 1.807) is 0 Å². The van der Waals surface area contributed by atoms with Gasteiger partial charge in [-0.3, -0.25) is 4.79 Å². The number of carbonyl (C=O) groups excluding carboxylic acids is 1. The molecule has 2 aromatic rings. The van der Waals surface area contributed by atoms with E-state index in [-0.39, 0.29) is 0 Å². The number of nitrogens with zero attached hydrogens (tertiary/aromatic N) is 2. The summed E-state index contributed by atoms with van der Waals surface area (Å²) in [6.07, 6.45) is 0.788. The van der Waals surface area contributed by atoms with E-state index in [2.05, 4.69) is 18.9 Å². The molecule has 0 bridgehead atoms. The van der Waals surface area contributed by atoms with Crippen molar-refractivity contribution in [1.29, 1.82) is 0 Å². The molecule has 0 atom stereocenters. The lowest BCUT2D eigenvalue weighted by Crippen LogP contribution is -2.03. The zero-order valence-corrected chi connectivity index (χ0v) is 10.3. The second kappa shape index (κ2) is 4.53. The van der Waals surface area contributed by atoms with Crippen molar-refractivity contribution < 1.29 is 4.79 Å². The molecule has 0 amide bonds. The number of hydrogen-bond acceptors (Lipinski definition) is 2. The number of hydrogen-bond donors (Lipinski definition) is 0. The molecule has 2 rings (SSSR count). The highest BCUT2D eigenvalue weighted by Gasteiger charge is 2.11. The summed E-state index contributed by atoms with van der Waals surface area (Å²) in [5, 5.41) is 4.30. The fraction of sp³-hybridized carbons (Fsp3) is 0.286. The zero-order valence-electron chi connectivity index (χ0n) is 10.3. The summed E-state index contributed by atoms with van der Waals surface area (Å²) in [6, 6.07) is 9.96. The molecule has 0 saturated heterocycles. The molecule has 0 saturated carbocycles. The maximum absolute atomic E-state index is 10.8. The summed E-state index contributed by atoms with van der Waals surface area (Å²) in [4.78, 5) is 10.8. The van der Waals surface area contributed by atoms with Crippen molar-refractivity contribution in [3.05, 3.63) is 47.3 Å². The quantitative estimate of drug-likeness (QED) is 0.756. The Morgan fingerprint density at radius 2 is 1.88 bits per heavy atom. The van der Waals surface area contributed by atoms with Gasteiger partial charge in [0.15, 0.2) is 6.29 Å². The van der Waals surface area contributed by atoms with E-state index in [9.17, 15) is 4.79 Å². The molecule has 0 N–H and O–H groups in total. The van der Waals surface area contributed by atoms with Gasteiger partial charge in [-0.05, 0) is 31.0 Å². The highest BCUT2D eigenvalue weighted by atomic mass is 16.1. The van der Waals surface area contributed by atoms with Gasteiger partial charge in [-0.25, -0.2) is 4.68 Å². The van der Waals surface area contributed by atoms with Crippen molar-refractivity contribution in [3.8, 4) is 5.69 Å². The van der Waals surface area contributed by atoms with Gasteiger partial charge in [-0.15, -0.1) is 0 Å². The molecule has 0 aliphatic rings. The Balaban J connectivity index is 2.53. The molecule has 17 heavy (non-hydrogen) atoms. The van der Waals surface area contributed by atoms with Crippen molar-refractivity contribution in [2.45, 2.75) is 26.7 Å². The van der Waals surface area contributed by atoms with Crippen molar-refractivity contribution in [2.24, 2.45) is 0 Å². The standard InChI is InChI=1S/C14H16N2O/c1-10(2)14-8-12(9-17)15-16(14)13-6-4-11(3)5-7-13/h4-10H,1-3H3. The largest absolute Gasteiger partial charge is 0.296 e. The Kier molecular flexibility index (Phi) is 3.09. The van der Waals surface area contributed by atoms with Gasteiger partial charge in [0.25, 0.3) is 0 Å². The lowest BCUT2D eigenvalue weighted by Gasteiger charge is -2.09. The molecule has 1 aromatic heterocycles. The van der Waals surface area contributed by atoms with Gasteiger partial charge in [0, 0.05) is 5.69 Å². The minimum absolute atomic E-state index is 0.331. The molecular weight excluding hydrogens is 212 g/mol. The van der Waals surface area contributed by atoms with E-state index in [0.29, 0.717) is 11.6 Å². The molecule has 0 spiro atoms. The summed E-state index contributed by atoms with van der Waals surface area (Å²) in [5.41, 5.74) is 3.74.